The van der Waals surface area contributed by atoms with Crippen molar-refractivity contribution in [3.63, 3.8) is 0 Å². The summed E-state index contributed by atoms with van der Waals surface area (Å²) in [6.07, 6.45) is 1.34. The number of para-hydroxylation sites is 1. The van der Waals surface area contributed by atoms with E-state index in [0.29, 0.717) is 16.3 Å². The van der Waals surface area contributed by atoms with E-state index >= 15 is 0 Å². The number of aromatic nitrogens is 4. The van der Waals surface area contributed by atoms with E-state index in [1.54, 1.807) is 31.2 Å². The second kappa shape index (κ2) is 8.61. The number of anilines is 1. The van der Waals surface area contributed by atoms with Crippen LogP contribution in [0.15, 0.2) is 30.6 Å². The number of thiophene rings is 1. The Balaban J connectivity index is 1.69. The number of aryl methyl sites for hydroxylation is 1. The van der Waals surface area contributed by atoms with Gasteiger partial charge < -0.3 is 14.8 Å². The molecular weight excluding hydrogens is 398 g/mol. The smallest absolute Gasteiger partial charge is 0.341 e. The maximum Gasteiger partial charge on any atom is 0.341 e. The van der Waals surface area contributed by atoms with Crippen LogP contribution < -0.4 is 5.32 Å². The Bertz CT molecular complexity index is 1060. The monoisotopic (exact) mass is 415 g/mol. The summed E-state index contributed by atoms with van der Waals surface area (Å²) in [4.78, 5) is 37.6. The number of hydrogen-bond donors (Lipinski definition) is 1. The van der Waals surface area contributed by atoms with E-state index in [0.717, 1.165) is 10.4 Å². The molecule has 29 heavy (non-hydrogen) atoms. The second-order valence-corrected chi connectivity index (χ2v) is 7.10. The number of nitrogens with zero attached hydrogens (tertiary/aromatic N) is 4. The Labute approximate surface area is 169 Å². The molecule has 0 saturated carbocycles. The van der Waals surface area contributed by atoms with Gasteiger partial charge in [0.1, 0.15) is 11.3 Å². The molecule has 0 aliphatic carbocycles. The van der Waals surface area contributed by atoms with Gasteiger partial charge in [-0.2, -0.15) is 4.68 Å². The van der Waals surface area contributed by atoms with Crippen molar-refractivity contribution >= 4 is 34.2 Å². The van der Waals surface area contributed by atoms with E-state index in [2.05, 4.69) is 20.8 Å². The fourth-order valence-corrected chi connectivity index (χ4v) is 3.62. The molecule has 0 unspecified atom stereocenters. The van der Waals surface area contributed by atoms with Crippen LogP contribution in [0.1, 0.15) is 31.2 Å². The van der Waals surface area contributed by atoms with Crippen molar-refractivity contribution in [2.75, 3.05) is 19.0 Å². The molecule has 0 bridgehead atoms. The molecule has 11 heteroatoms. The summed E-state index contributed by atoms with van der Waals surface area (Å²) in [6.45, 7) is 3.07. The van der Waals surface area contributed by atoms with Crippen LogP contribution in [-0.2, 0) is 14.3 Å². The molecule has 3 aromatic rings. The summed E-state index contributed by atoms with van der Waals surface area (Å²) in [5, 5.41) is 13.8. The van der Waals surface area contributed by atoms with Crippen molar-refractivity contribution in [2.24, 2.45) is 0 Å². The van der Waals surface area contributed by atoms with Gasteiger partial charge in [0, 0.05) is 4.88 Å². The van der Waals surface area contributed by atoms with Crippen molar-refractivity contribution < 1.29 is 23.9 Å². The van der Waals surface area contributed by atoms with E-state index in [1.165, 1.54) is 29.5 Å². The Kier molecular flexibility index (Phi) is 5.98. The van der Waals surface area contributed by atoms with Crippen molar-refractivity contribution in [3.05, 3.63) is 52.2 Å². The van der Waals surface area contributed by atoms with Crippen LogP contribution in [0.25, 0.3) is 5.69 Å². The van der Waals surface area contributed by atoms with E-state index in [9.17, 15) is 14.4 Å². The topological polar surface area (TPSA) is 125 Å². The first-order chi connectivity index (χ1) is 13.9. The van der Waals surface area contributed by atoms with Crippen LogP contribution in [0.3, 0.4) is 0 Å². The zero-order valence-electron chi connectivity index (χ0n) is 15.8. The Morgan fingerprint density at radius 1 is 1.17 bits per heavy atom. The molecule has 2 heterocycles. The average molecular weight is 415 g/mol. The molecule has 0 fully saturated rings. The fourth-order valence-electron chi connectivity index (χ4n) is 2.55. The normalized spacial score (nSPS) is 10.4. The molecular formula is C18H17N5O5S. The van der Waals surface area contributed by atoms with Gasteiger partial charge in [-0.15, -0.1) is 16.4 Å². The number of nitrogens with one attached hydrogen (secondary N) is 1. The highest BCUT2D eigenvalue weighted by Crippen LogP contribution is 2.32. The summed E-state index contributed by atoms with van der Waals surface area (Å²) in [6, 6.07) is 6.56. The largest absolute Gasteiger partial charge is 0.465 e. The first kappa shape index (κ1) is 20.1. The number of carbonyl (C=O) groups is 3. The van der Waals surface area contributed by atoms with Crippen molar-refractivity contribution in [1.29, 1.82) is 0 Å². The zero-order valence-corrected chi connectivity index (χ0v) is 16.6. The Morgan fingerprint density at radius 2 is 1.93 bits per heavy atom. The quantitative estimate of drug-likeness (QED) is 0.605. The molecule has 1 N–H and O–H groups in total. The molecule has 0 aliphatic rings. The number of tetrazole rings is 1. The number of esters is 2. The molecule has 0 radical (unpaired) electrons. The molecule has 1 amide bonds. The maximum absolute atomic E-state index is 12.4. The number of amides is 1. The van der Waals surface area contributed by atoms with Crippen LogP contribution in [0.2, 0.25) is 0 Å². The minimum atomic E-state index is -0.710. The molecule has 0 aliphatic heterocycles. The molecule has 2 aromatic heterocycles. The SMILES string of the molecule is COC(=O)c1c(NC(=O)COC(=O)c2ccccc2-n2cnnn2)sc(C)c1C. The maximum atomic E-state index is 12.4. The third-order valence-electron chi connectivity index (χ3n) is 4.08. The second-order valence-electron chi connectivity index (χ2n) is 5.87. The van der Waals surface area contributed by atoms with Gasteiger partial charge in [-0.1, -0.05) is 12.1 Å². The third-order valence-corrected chi connectivity index (χ3v) is 5.20. The van der Waals surface area contributed by atoms with E-state index in [1.807, 2.05) is 6.92 Å². The molecule has 1 aromatic carbocycles. The number of benzene rings is 1. The van der Waals surface area contributed by atoms with Gasteiger partial charge in [-0.3, -0.25) is 4.79 Å². The lowest BCUT2D eigenvalue weighted by atomic mass is 10.1. The van der Waals surface area contributed by atoms with Crippen LogP contribution in [-0.4, -0.2) is 51.8 Å². The van der Waals surface area contributed by atoms with Gasteiger partial charge >= 0.3 is 11.9 Å². The number of hydrogen-bond acceptors (Lipinski definition) is 9. The van der Waals surface area contributed by atoms with Gasteiger partial charge in [-0.05, 0) is 42.0 Å². The lowest BCUT2D eigenvalue weighted by Gasteiger charge is -2.09. The first-order valence-electron chi connectivity index (χ1n) is 8.40. The van der Waals surface area contributed by atoms with Crippen LogP contribution >= 0.6 is 11.3 Å². The van der Waals surface area contributed by atoms with Crippen molar-refractivity contribution in [1.82, 2.24) is 20.2 Å². The number of ether oxygens (including phenoxy) is 2. The molecule has 0 atom stereocenters. The molecule has 10 nitrogen and oxygen atoms in total. The van der Waals surface area contributed by atoms with Crippen molar-refractivity contribution in [2.45, 2.75) is 13.8 Å². The van der Waals surface area contributed by atoms with Gasteiger partial charge in [0.05, 0.1) is 23.9 Å². The van der Waals surface area contributed by atoms with Gasteiger partial charge in [0.2, 0.25) is 0 Å². The van der Waals surface area contributed by atoms with Gasteiger partial charge in [-0.25, -0.2) is 9.59 Å². The number of methoxy groups -OCH3 is 1. The van der Waals surface area contributed by atoms with Gasteiger partial charge in [0.25, 0.3) is 5.91 Å². The third kappa shape index (κ3) is 4.29. The summed E-state index contributed by atoms with van der Waals surface area (Å²) in [5.41, 5.74) is 1.63. The minimum Gasteiger partial charge on any atom is -0.465 e. The highest BCUT2D eigenvalue weighted by Gasteiger charge is 2.22. The van der Waals surface area contributed by atoms with Crippen molar-refractivity contribution in [3.8, 4) is 5.69 Å². The van der Waals surface area contributed by atoms with E-state index in [4.69, 9.17) is 9.47 Å². The van der Waals surface area contributed by atoms with Crippen LogP contribution in [0.5, 0.6) is 0 Å². The summed E-state index contributed by atoms with van der Waals surface area (Å²) < 4.78 is 11.2. The minimum absolute atomic E-state index is 0.200. The lowest BCUT2D eigenvalue weighted by molar-refractivity contribution is -0.119. The highest BCUT2D eigenvalue weighted by atomic mass is 32.1. The summed E-state index contributed by atoms with van der Waals surface area (Å²) in [7, 11) is 1.27. The molecule has 0 saturated heterocycles. The zero-order chi connectivity index (χ0) is 21.0. The molecule has 3 rings (SSSR count). The predicted octanol–water partition coefficient (Wildman–Crippen LogP) is 1.92. The Hall–Kier alpha value is -3.60. The van der Waals surface area contributed by atoms with Crippen LogP contribution in [0.4, 0.5) is 5.00 Å². The fraction of sp³-hybridized carbons (Fsp3) is 0.222. The van der Waals surface area contributed by atoms with E-state index in [-0.39, 0.29) is 5.56 Å². The molecule has 0 spiro atoms. The van der Waals surface area contributed by atoms with Gasteiger partial charge in [0.15, 0.2) is 6.61 Å². The average Bonchev–Trinajstić information content (AvgIpc) is 3.34. The predicted molar refractivity (Wildman–Crippen MR) is 103 cm³/mol. The number of carbonyl (C=O) groups excluding carboxylic acids is 3. The summed E-state index contributed by atoms with van der Waals surface area (Å²) in [5.74, 6) is -1.84. The van der Waals surface area contributed by atoms with E-state index < -0.39 is 24.5 Å². The lowest BCUT2D eigenvalue weighted by Crippen LogP contribution is -2.22. The standard InChI is InChI=1S/C18H17N5O5S/c1-10-11(2)29-16(15(10)18(26)27-3)20-14(24)8-28-17(25)12-6-4-5-7-13(12)23-9-19-21-22-23/h4-7,9H,8H2,1-3H3,(H,20,24). The highest BCUT2D eigenvalue weighted by molar-refractivity contribution is 7.16. The Morgan fingerprint density at radius 3 is 2.62 bits per heavy atom. The first-order valence-corrected chi connectivity index (χ1v) is 9.21. The molecule has 150 valence electrons. The van der Waals surface area contributed by atoms with Crippen LogP contribution in [0, 0.1) is 13.8 Å². The summed E-state index contributed by atoms with van der Waals surface area (Å²) >= 11 is 1.25. The number of rotatable bonds is 6.